The number of aliphatic carboxylic acids is 1. The maximum Gasteiger partial charge on any atom is 0.344 e. The standard InChI is InChI=1S/C27H29N5O5/c1-3-23(27(34)35)36-20-6-4-5-17(11-20)24-12-21-22(14-29-26(28)25(21)37-24)18-13-30-32(15-18)19-7-9-31(10-8-19)16(2)33/h4-6,11-15,19,23H,3,7-10H2,1-2H3,(H2,28,29)(H,34,35). The Hall–Kier alpha value is -4.34. The number of fused-ring (bicyclic) bond motifs is 1. The molecule has 5 rings (SSSR count). The second-order valence-corrected chi connectivity index (χ2v) is 9.24. The fourth-order valence-corrected chi connectivity index (χ4v) is 4.73. The molecule has 1 aliphatic heterocycles. The number of rotatable bonds is 7. The number of nitrogens with zero attached hydrogens (tertiary/aromatic N) is 4. The molecule has 10 nitrogen and oxygen atoms in total. The lowest BCUT2D eigenvalue weighted by atomic mass is 10.0. The van der Waals surface area contributed by atoms with Crippen molar-refractivity contribution in [3.63, 3.8) is 0 Å². The number of carbonyl (C=O) groups is 2. The Morgan fingerprint density at radius 1 is 1.22 bits per heavy atom. The first-order valence-electron chi connectivity index (χ1n) is 12.3. The highest BCUT2D eigenvalue weighted by atomic mass is 16.5. The Kier molecular flexibility index (Phi) is 6.56. The van der Waals surface area contributed by atoms with E-state index in [1.165, 1.54) is 0 Å². The van der Waals surface area contributed by atoms with E-state index in [1.54, 1.807) is 38.2 Å². The van der Waals surface area contributed by atoms with E-state index in [1.807, 2.05) is 34.1 Å². The van der Waals surface area contributed by atoms with E-state index >= 15 is 0 Å². The third-order valence-electron chi connectivity index (χ3n) is 6.83. The Balaban J connectivity index is 1.44. The number of carboxylic acid groups (broad SMARTS) is 1. The van der Waals surface area contributed by atoms with Gasteiger partial charge in [-0.05, 0) is 37.5 Å². The van der Waals surface area contributed by atoms with Crippen LogP contribution in [0.3, 0.4) is 0 Å². The SMILES string of the molecule is CCC(Oc1cccc(-c2cc3c(-c4cnn(C5CCN(C(C)=O)CC5)c4)cnc(N)c3o2)c1)C(=O)O. The van der Waals surface area contributed by atoms with Gasteiger partial charge in [-0.25, -0.2) is 9.78 Å². The van der Waals surface area contributed by atoms with Gasteiger partial charge in [-0.3, -0.25) is 9.48 Å². The van der Waals surface area contributed by atoms with Gasteiger partial charge in [0.05, 0.1) is 12.2 Å². The van der Waals surface area contributed by atoms with Crippen molar-refractivity contribution in [3.8, 4) is 28.2 Å². The van der Waals surface area contributed by atoms with E-state index in [2.05, 4.69) is 10.1 Å². The fraction of sp³-hybridized carbons (Fsp3) is 0.333. The Bertz CT molecular complexity index is 1450. The highest BCUT2D eigenvalue weighted by Crippen LogP contribution is 2.37. The van der Waals surface area contributed by atoms with Crippen molar-refractivity contribution < 1.29 is 23.8 Å². The fourth-order valence-electron chi connectivity index (χ4n) is 4.73. The number of ether oxygens (including phenoxy) is 1. The number of hydrogen-bond donors (Lipinski definition) is 2. The summed E-state index contributed by atoms with van der Waals surface area (Å²) in [5.41, 5.74) is 9.09. The van der Waals surface area contributed by atoms with Gasteiger partial charge in [0.2, 0.25) is 5.91 Å². The molecule has 0 radical (unpaired) electrons. The largest absolute Gasteiger partial charge is 0.479 e. The summed E-state index contributed by atoms with van der Waals surface area (Å²) in [6.07, 6.45) is 6.65. The molecule has 0 aliphatic carbocycles. The van der Waals surface area contributed by atoms with Crippen LogP contribution in [-0.2, 0) is 9.59 Å². The van der Waals surface area contributed by atoms with Crippen molar-refractivity contribution >= 4 is 28.7 Å². The number of benzene rings is 1. The van der Waals surface area contributed by atoms with Gasteiger partial charge in [0.15, 0.2) is 17.5 Å². The number of nitrogen functional groups attached to an aromatic ring is 1. The van der Waals surface area contributed by atoms with Gasteiger partial charge in [0.1, 0.15) is 11.5 Å². The molecule has 4 aromatic rings. The second-order valence-electron chi connectivity index (χ2n) is 9.24. The van der Waals surface area contributed by atoms with Crippen molar-refractivity contribution in [1.29, 1.82) is 0 Å². The second kappa shape index (κ2) is 9.96. The van der Waals surface area contributed by atoms with Crippen LogP contribution in [0.25, 0.3) is 33.4 Å². The number of aromatic nitrogens is 3. The number of furan rings is 1. The Labute approximate surface area is 213 Å². The van der Waals surface area contributed by atoms with Crippen molar-refractivity contribution in [2.45, 2.75) is 45.3 Å². The molecular formula is C27H29N5O5. The first kappa shape index (κ1) is 24.4. The number of carbonyl (C=O) groups excluding carboxylic acids is 1. The summed E-state index contributed by atoms with van der Waals surface area (Å²) in [6, 6.07) is 9.24. The summed E-state index contributed by atoms with van der Waals surface area (Å²) in [6.45, 7) is 4.81. The van der Waals surface area contributed by atoms with Crippen LogP contribution < -0.4 is 10.5 Å². The van der Waals surface area contributed by atoms with Crippen molar-refractivity contribution in [3.05, 3.63) is 48.9 Å². The summed E-state index contributed by atoms with van der Waals surface area (Å²) in [5, 5.41) is 14.7. The number of pyridine rings is 1. The maximum absolute atomic E-state index is 11.6. The van der Waals surface area contributed by atoms with Crippen LogP contribution in [0.4, 0.5) is 5.82 Å². The lowest BCUT2D eigenvalue weighted by Crippen LogP contribution is -2.37. The molecule has 0 spiro atoms. The van der Waals surface area contributed by atoms with Crippen molar-refractivity contribution in [2.75, 3.05) is 18.8 Å². The number of piperidine rings is 1. The van der Waals surface area contributed by atoms with Gasteiger partial charge in [0.25, 0.3) is 0 Å². The average Bonchev–Trinajstić information content (AvgIpc) is 3.56. The number of likely N-dealkylation sites (tertiary alicyclic amines) is 1. The highest BCUT2D eigenvalue weighted by molar-refractivity contribution is 6.00. The van der Waals surface area contributed by atoms with Gasteiger partial charge >= 0.3 is 5.97 Å². The van der Waals surface area contributed by atoms with E-state index < -0.39 is 12.1 Å². The van der Waals surface area contributed by atoms with Crippen LogP contribution in [-0.4, -0.2) is 55.8 Å². The van der Waals surface area contributed by atoms with Gasteiger partial charge < -0.3 is 24.9 Å². The molecular weight excluding hydrogens is 474 g/mol. The van der Waals surface area contributed by atoms with Crippen LogP contribution in [0.1, 0.15) is 39.2 Å². The zero-order valence-electron chi connectivity index (χ0n) is 20.8. The summed E-state index contributed by atoms with van der Waals surface area (Å²) in [5.74, 6) is 0.377. The molecule has 1 aromatic carbocycles. The molecule has 3 aromatic heterocycles. The molecule has 10 heteroatoms. The first-order chi connectivity index (χ1) is 17.8. The van der Waals surface area contributed by atoms with Crippen LogP contribution in [0, 0.1) is 0 Å². The summed E-state index contributed by atoms with van der Waals surface area (Å²) in [7, 11) is 0. The topological polar surface area (TPSA) is 137 Å². The van der Waals surface area contributed by atoms with E-state index in [0.29, 0.717) is 23.5 Å². The lowest BCUT2D eigenvalue weighted by molar-refractivity contribution is -0.145. The Morgan fingerprint density at radius 3 is 2.70 bits per heavy atom. The molecule has 1 saturated heterocycles. The van der Waals surface area contributed by atoms with Crippen molar-refractivity contribution in [2.24, 2.45) is 0 Å². The summed E-state index contributed by atoms with van der Waals surface area (Å²) < 4.78 is 13.7. The molecule has 0 bridgehead atoms. The normalized spacial score (nSPS) is 15.1. The molecule has 4 heterocycles. The molecule has 3 N–H and O–H groups in total. The minimum atomic E-state index is -1.01. The predicted octanol–water partition coefficient (Wildman–Crippen LogP) is 4.37. The predicted molar refractivity (Wildman–Crippen MR) is 138 cm³/mol. The van der Waals surface area contributed by atoms with Gasteiger partial charge in [-0.15, -0.1) is 0 Å². The molecule has 1 aliphatic rings. The third kappa shape index (κ3) is 4.87. The van der Waals surface area contributed by atoms with E-state index in [4.69, 9.17) is 14.9 Å². The summed E-state index contributed by atoms with van der Waals surface area (Å²) in [4.78, 5) is 29.2. The minimum absolute atomic E-state index is 0.106. The van der Waals surface area contributed by atoms with E-state index in [9.17, 15) is 14.7 Å². The number of amides is 1. The van der Waals surface area contributed by atoms with Gasteiger partial charge in [-0.2, -0.15) is 5.10 Å². The molecule has 37 heavy (non-hydrogen) atoms. The van der Waals surface area contributed by atoms with Crippen molar-refractivity contribution in [1.82, 2.24) is 19.7 Å². The highest BCUT2D eigenvalue weighted by Gasteiger charge is 2.23. The minimum Gasteiger partial charge on any atom is -0.479 e. The average molecular weight is 504 g/mol. The Morgan fingerprint density at radius 2 is 2.00 bits per heavy atom. The van der Waals surface area contributed by atoms with Gasteiger partial charge in [0, 0.05) is 54.5 Å². The van der Waals surface area contributed by atoms with E-state index in [0.717, 1.165) is 48.0 Å². The quantitative estimate of drug-likeness (QED) is 0.379. The number of carboxylic acids is 1. The monoisotopic (exact) mass is 503 g/mol. The van der Waals surface area contributed by atoms with Crippen LogP contribution in [0.5, 0.6) is 5.75 Å². The first-order valence-corrected chi connectivity index (χ1v) is 12.3. The van der Waals surface area contributed by atoms with Crippen LogP contribution >= 0.6 is 0 Å². The molecule has 192 valence electrons. The number of nitrogens with two attached hydrogens (primary N) is 1. The smallest absolute Gasteiger partial charge is 0.344 e. The molecule has 1 unspecified atom stereocenters. The van der Waals surface area contributed by atoms with Crippen LogP contribution in [0.2, 0.25) is 0 Å². The molecule has 0 saturated carbocycles. The number of anilines is 1. The van der Waals surface area contributed by atoms with Gasteiger partial charge in [-0.1, -0.05) is 19.1 Å². The molecule has 1 amide bonds. The lowest BCUT2D eigenvalue weighted by Gasteiger charge is -2.31. The molecule has 1 atom stereocenters. The van der Waals surface area contributed by atoms with Crippen LogP contribution in [0.15, 0.2) is 53.3 Å². The zero-order chi connectivity index (χ0) is 26.1. The third-order valence-corrected chi connectivity index (χ3v) is 6.83. The maximum atomic E-state index is 11.6. The summed E-state index contributed by atoms with van der Waals surface area (Å²) >= 11 is 0. The zero-order valence-corrected chi connectivity index (χ0v) is 20.8. The van der Waals surface area contributed by atoms with E-state index in [-0.39, 0.29) is 17.8 Å². The molecule has 1 fully saturated rings. The number of hydrogen-bond acceptors (Lipinski definition) is 7.